The van der Waals surface area contributed by atoms with Crippen LogP contribution < -0.4 is 0 Å². The molecular weight excluding hydrogens is 284 g/mol. The lowest BCUT2D eigenvalue weighted by Crippen LogP contribution is -2.16. The SMILES string of the molecule is CCCC(C(=O)OCC)c1nc(C(C)S(C)(=O)=O)no1. The Morgan fingerprint density at radius 1 is 1.40 bits per heavy atom. The molecule has 0 bridgehead atoms. The van der Waals surface area contributed by atoms with Crippen molar-refractivity contribution in [1.82, 2.24) is 10.1 Å². The molecule has 0 spiro atoms. The highest BCUT2D eigenvalue weighted by Gasteiger charge is 2.30. The highest BCUT2D eigenvalue weighted by molar-refractivity contribution is 7.90. The van der Waals surface area contributed by atoms with Crippen LogP contribution in [0.1, 0.15) is 56.5 Å². The molecule has 2 atom stereocenters. The molecule has 0 aliphatic rings. The number of esters is 1. The molecule has 1 rings (SSSR count). The summed E-state index contributed by atoms with van der Waals surface area (Å²) in [5, 5.41) is 2.78. The summed E-state index contributed by atoms with van der Waals surface area (Å²) in [7, 11) is -3.31. The number of nitrogens with zero attached hydrogens (tertiary/aromatic N) is 2. The third-order valence-electron chi connectivity index (χ3n) is 2.91. The molecule has 114 valence electrons. The molecule has 1 heterocycles. The summed E-state index contributed by atoms with van der Waals surface area (Å²) < 4.78 is 32.9. The van der Waals surface area contributed by atoms with Crippen molar-refractivity contribution in [3.05, 3.63) is 11.7 Å². The fourth-order valence-corrected chi connectivity index (χ4v) is 2.10. The zero-order valence-corrected chi connectivity index (χ0v) is 12.9. The summed E-state index contributed by atoms with van der Waals surface area (Å²) in [6, 6.07) is 0. The lowest BCUT2D eigenvalue weighted by atomic mass is 10.0. The van der Waals surface area contributed by atoms with Crippen molar-refractivity contribution in [2.45, 2.75) is 44.8 Å². The van der Waals surface area contributed by atoms with Gasteiger partial charge in [0.1, 0.15) is 11.2 Å². The highest BCUT2D eigenvalue weighted by atomic mass is 32.2. The van der Waals surface area contributed by atoms with Crippen molar-refractivity contribution in [1.29, 1.82) is 0 Å². The molecule has 0 amide bonds. The van der Waals surface area contributed by atoms with Gasteiger partial charge in [0.25, 0.3) is 0 Å². The van der Waals surface area contributed by atoms with E-state index < -0.39 is 27.0 Å². The van der Waals surface area contributed by atoms with Crippen LogP contribution in [0.3, 0.4) is 0 Å². The molecule has 0 N–H and O–H groups in total. The summed E-state index contributed by atoms with van der Waals surface area (Å²) in [4.78, 5) is 15.9. The molecule has 1 aromatic rings. The Morgan fingerprint density at radius 2 is 2.05 bits per heavy atom. The van der Waals surface area contributed by atoms with Crippen LogP contribution in [-0.2, 0) is 19.4 Å². The van der Waals surface area contributed by atoms with Crippen LogP contribution in [0.15, 0.2) is 4.52 Å². The van der Waals surface area contributed by atoms with Crippen LogP contribution in [0.5, 0.6) is 0 Å². The number of aromatic nitrogens is 2. The molecule has 0 saturated heterocycles. The van der Waals surface area contributed by atoms with E-state index in [9.17, 15) is 13.2 Å². The van der Waals surface area contributed by atoms with Crippen LogP contribution >= 0.6 is 0 Å². The third-order valence-corrected chi connectivity index (χ3v) is 4.41. The van der Waals surface area contributed by atoms with Gasteiger partial charge in [-0.1, -0.05) is 18.5 Å². The van der Waals surface area contributed by atoms with E-state index in [2.05, 4.69) is 10.1 Å². The second kappa shape index (κ2) is 6.83. The number of rotatable bonds is 7. The Labute approximate surface area is 118 Å². The standard InChI is InChI=1S/C12H20N2O5S/c1-5-7-9(12(15)18-6-2)11-13-10(14-19-11)8(3)20(4,16)17/h8-9H,5-7H2,1-4H3. The first-order chi connectivity index (χ1) is 9.31. The molecular formula is C12H20N2O5S. The largest absolute Gasteiger partial charge is 0.465 e. The van der Waals surface area contributed by atoms with Crippen molar-refractivity contribution >= 4 is 15.8 Å². The van der Waals surface area contributed by atoms with Gasteiger partial charge in [-0.25, -0.2) is 8.42 Å². The van der Waals surface area contributed by atoms with Crippen LogP contribution in [0.4, 0.5) is 0 Å². The molecule has 0 saturated carbocycles. The summed E-state index contributed by atoms with van der Waals surface area (Å²) >= 11 is 0. The first-order valence-electron chi connectivity index (χ1n) is 6.50. The molecule has 8 heteroatoms. The summed E-state index contributed by atoms with van der Waals surface area (Å²) in [5.41, 5.74) is 0. The Bertz CT molecular complexity index is 552. The maximum Gasteiger partial charge on any atom is 0.318 e. The van der Waals surface area contributed by atoms with Crippen LogP contribution in [0, 0.1) is 0 Å². The van der Waals surface area contributed by atoms with Gasteiger partial charge in [-0.2, -0.15) is 4.98 Å². The average molecular weight is 304 g/mol. The normalized spacial score (nSPS) is 14.8. The quantitative estimate of drug-likeness (QED) is 0.706. The van der Waals surface area contributed by atoms with E-state index in [4.69, 9.17) is 9.26 Å². The van der Waals surface area contributed by atoms with Crippen LogP contribution in [0.25, 0.3) is 0 Å². The van der Waals surface area contributed by atoms with Gasteiger partial charge in [0.15, 0.2) is 15.7 Å². The molecule has 2 unspecified atom stereocenters. The van der Waals surface area contributed by atoms with Gasteiger partial charge in [0.05, 0.1) is 6.61 Å². The highest BCUT2D eigenvalue weighted by Crippen LogP contribution is 2.24. The van der Waals surface area contributed by atoms with E-state index in [-0.39, 0.29) is 18.3 Å². The fourth-order valence-electron chi connectivity index (χ4n) is 1.62. The number of carbonyl (C=O) groups excluding carboxylic acids is 1. The first kappa shape index (κ1) is 16.6. The number of hydrogen-bond acceptors (Lipinski definition) is 7. The fraction of sp³-hybridized carbons (Fsp3) is 0.750. The number of ether oxygens (including phenoxy) is 1. The number of carbonyl (C=O) groups is 1. The van der Waals surface area contributed by atoms with Gasteiger partial charge in [-0.05, 0) is 20.3 Å². The Balaban J connectivity index is 3.00. The molecule has 0 aliphatic heterocycles. The monoisotopic (exact) mass is 304 g/mol. The van der Waals surface area contributed by atoms with Crippen molar-refractivity contribution in [2.24, 2.45) is 0 Å². The second-order valence-electron chi connectivity index (χ2n) is 4.56. The molecule has 20 heavy (non-hydrogen) atoms. The minimum Gasteiger partial charge on any atom is -0.465 e. The van der Waals surface area contributed by atoms with Gasteiger partial charge < -0.3 is 9.26 Å². The van der Waals surface area contributed by atoms with Crippen molar-refractivity contribution in [3.8, 4) is 0 Å². The molecule has 7 nitrogen and oxygen atoms in total. The van der Waals surface area contributed by atoms with E-state index in [1.165, 1.54) is 6.92 Å². The molecule has 1 aromatic heterocycles. The van der Waals surface area contributed by atoms with Gasteiger partial charge in [-0.3, -0.25) is 4.79 Å². The average Bonchev–Trinajstić information content (AvgIpc) is 2.83. The zero-order valence-electron chi connectivity index (χ0n) is 12.1. The van der Waals surface area contributed by atoms with Crippen molar-refractivity contribution in [2.75, 3.05) is 12.9 Å². The summed E-state index contributed by atoms with van der Waals surface area (Å²) in [6.07, 6.45) is 2.35. The predicted molar refractivity (Wildman–Crippen MR) is 71.8 cm³/mol. The number of sulfone groups is 1. The topological polar surface area (TPSA) is 99.4 Å². The van der Waals surface area contributed by atoms with E-state index in [1.807, 2.05) is 6.92 Å². The lowest BCUT2D eigenvalue weighted by molar-refractivity contribution is -0.145. The second-order valence-corrected chi connectivity index (χ2v) is 6.92. The van der Waals surface area contributed by atoms with Gasteiger partial charge >= 0.3 is 5.97 Å². The zero-order chi connectivity index (χ0) is 15.3. The van der Waals surface area contributed by atoms with E-state index in [1.54, 1.807) is 6.92 Å². The lowest BCUT2D eigenvalue weighted by Gasteiger charge is -2.10. The first-order valence-corrected chi connectivity index (χ1v) is 8.45. The van der Waals surface area contributed by atoms with E-state index in [0.717, 1.165) is 12.7 Å². The molecule has 0 fully saturated rings. The summed E-state index contributed by atoms with van der Waals surface area (Å²) in [6.45, 7) is 5.37. The van der Waals surface area contributed by atoms with Gasteiger partial charge in [0.2, 0.25) is 5.89 Å². The number of hydrogen-bond donors (Lipinski definition) is 0. The minimum absolute atomic E-state index is 0.0629. The van der Waals surface area contributed by atoms with Crippen LogP contribution in [-0.4, -0.2) is 37.4 Å². The predicted octanol–water partition coefficient (Wildman–Crippen LogP) is 1.62. The van der Waals surface area contributed by atoms with E-state index in [0.29, 0.717) is 6.42 Å². The van der Waals surface area contributed by atoms with Gasteiger partial charge in [-0.15, -0.1) is 0 Å². The minimum atomic E-state index is -3.31. The maximum atomic E-state index is 11.8. The maximum absolute atomic E-state index is 11.8. The van der Waals surface area contributed by atoms with Crippen LogP contribution in [0.2, 0.25) is 0 Å². The molecule has 0 radical (unpaired) electrons. The Morgan fingerprint density at radius 3 is 2.55 bits per heavy atom. The third kappa shape index (κ3) is 4.03. The molecule has 0 aromatic carbocycles. The Kier molecular flexibility index (Phi) is 5.67. The summed E-state index contributed by atoms with van der Waals surface area (Å²) in [5.74, 6) is -0.909. The van der Waals surface area contributed by atoms with Crippen molar-refractivity contribution in [3.63, 3.8) is 0 Å². The van der Waals surface area contributed by atoms with Gasteiger partial charge in [0, 0.05) is 6.26 Å². The van der Waals surface area contributed by atoms with E-state index >= 15 is 0 Å². The molecule has 0 aliphatic carbocycles. The smallest absolute Gasteiger partial charge is 0.318 e. The van der Waals surface area contributed by atoms with Crippen molar-refractivity contribution < 1.29 is 22.5 Å². The Hall–Kier alpha value is -1.44.